The lowest BCUT2D eigenvalue weighted by molar-refractivity contribution is -0.148. The zero-order valence-corrected chi connectivity index (χ0v) is 17.4. The van der Waals surface area contributed by atoms with Gasteiger partial charge in [-0.25, -0.2) is 4.79 Å². The van der Waals surface area contributed by atoms with E-state index in [1.807, 2.05) is 0 Å². The van der Waals surface area contributed by atoms with Gasteiger partial charge in [-0.1, -0.05) is 0 Å². The molecule has 0 atom stereocenters. The van der Waals surface area contributed by atoms with E-state index in [2.05, 4.69) is 0 Å². The maximum Gasteiger partial charge on any atom is 0.338 e. The number of hydrogen-bond acceptors (Lipinski definition) is 9. The molecule has 32 heavy (non-hydrogen) atoms. The van der Waals surface area contributed by atoms with E-state index in [-0.39, 0.29) is 58.5 Å². The minimum Gasteiger partial charge on any atom is -0.493 e. The summed E-state index contributed by atoms with van der Waals surface area (Å²) in [5, 5.41) is 16.9. The molecule has 0 spiro atoms. The van der Waals surface area contributed by atoms with Gasteiger partial charge in [-0.2, -0.15) is 0 Å². The predicted molar refractivity (Wildman–Crippen MR) is 107 cm³/mol. The predicted octanol–water partition coefficient (Wildman–Crippen LogP) is 1.82. The van der Waals surface area contributed by atoms with E-state index in [1.165, 1.54) is 12.1 Å². The maximum atomic E-state index is 12.0. The van der Waals surface area contributed by atoms with E-state index in [0.29, 0.717) is 17.7 Å². The van der Waals surface area contributed by atoms with Gasteiger partial charge in [0.15, 0.2) is 0 Å². The topological polar surface area (TPSA) is 163 Å². The van der Waals surface area contributed by atoms with Crippen LogP contribution in [0.25, 0.3) is 0 Å². The van der Waals surface area contributed by atoms with E-state index in [9.17, 15) is 24.0 Å². The van der Waals surface area contributed by atoms with Crippen LogP contribution in [0.2, 0.25) is 0 Å². The van der Waals surface area contributed by atoms with Crippen molar-refractivity contribution in [3.8, 4) is 5.75 Å². The Labute approximate surface area is 184 Å². The third kappa shape index (κ3) is 12.8. The van der Waals surface area contributed by atoms with Crippen molar-refractivity contribution in [3.63, 3.8) is 0 Å². The highest BCUT2D eigenvalue weighted by Crippen LogP contribution is 2.13. The SMILES string of the molecule is O=C(O)CCC(=O)OCCCOC(=O)c1ccc(OCCCOC(=O)CCC(=O)O)cc1. The fourth-order valence-corrected chi connectivity index (χ4v) is 2.18. The van der Waals surface area contributed by atoms with Crippen molar-refractivity contribution in [2.75, 3.05) is 26.4 Å². The molecule has 176 valence electrons. The Kier molecular flexibility index (Phi) is 12.6. The fraction of sp³-hybridized carbons (Fsp3) is 0.476. The third-order valence-corrected chi connectivity index (χ3v) is 3.78. The minimum absolute atomic E-state index is 0.0212. The molecule has 0 bridgehead atoms. The van der Waals surface area contributed by atoms with Gasteiger partial charge in [-0.15, -0.1) is 0 Å². The summed E-state index contributed by atoms with van der Waals surface area (Å²) in [5.41, 5.74) is 0.308. The van der Waals surface area contributed by atoms with Crippen LogP contribution in [-0.4, -0.2) is 66.5 Å². The van der Waals surface area contributed by atoms with E-state index >= 15 is 0 Å². The number of benzene rings is 1. The van der Waals surface area contributed by atoms with E-state index in [4.69, 9.17) is 29.2 Å². The maximum absolute atomic E-state index is 12.0. The van der Waals surface area contributed by atoms with Crippen LogP contribution in [0.15, 0.2) is 24.3 Å². The molecular formula is C21H26O11. The molecule has 11 heteroatoms. The molecular weight excluding hydrogens is 428 g/mol. The molecule has 0 heterocycles. The monoisotopic (exact) mass is 454 g/mol. The summed E-state index contributed by atoms with van der Waals surface area (Å²) in [5.74, 6) is -3.39. The second-order valence-corrected chi connectivity index (χ2v) is 6.44. The molecule has 0 unspecified atom stereocenters. The van der Waals surface area contributed by atoms with Gasteiger partial charge in [0.25, 0.3) is 0 Å². The smallest absolute Gasteiger partial charge is 0.338 e. The number of carboxylic acid groups (broad SMARTS) is 2. The molecule has 11 nitrogen and oxygen atoms in total. The molecule has 0 aliphatic carbocycles. The van der Waals surface area contributed by atoms with Crippen molar-refractivity contribution in [2.24, 2.45) is 0 Å². The molecule has 0 amide bonds. The van der Waals surface area contributed by atoms with E-state index in [1.54, 1.807) is 12.1 Å². The van der Waals surface area contributed by atoms with E-state index in [0.717, 1.165) is 0 Å². The van der Waals surface area contributed by atoms with Gasteiger partial charge in [0.2, 0.25) is 0 Å². The number of rotatable bonds is 16. The van der Waals surface area contributed by atoms with Crippen molar-refractivity contribution >= 4 is 29.8 Å². The minimum atomic E-state index is -1.08. The van der Waals surface area contributed by atoms with Gasteiger partial charge in [-0.3, -0.25) is 19.2 Å². The van der Waals surface area contributed by atoms with Gasteiger partial charge in [-0.05, 0) is 24.3 Å². The lowest BCUT2D eigenvalue weighted by Crippen LogP contribution is -2.12. The molecule has 0 radical (unpaired) electrons. The molecule has 0 aromatic heterocycles. The summed E-state index contributed by atoms with van der Waals surface area (Å²) in [6, 6.07) is 6.21. The fourth-order valence-electron chi connectivity index (χ4n) is 2.18. The standard InChI is InChI=1S/C21H26O11/c22-17(23)7-9-19(26)30-12-1-11-29-16-5-3-15(4-6-16)21(28)32-14-2-13-31-20(27)10-8-18(24)25/h3-6H,1-2,7-14H2,(H,22,23)(H,24,25). The quantitative estimate of drug-likeness (QED) is 0.213. The molecule has 1 rings (SSSR count). The lowest BCUT2D eigenvalue weighted by Gasteiger charge is -2.08. The summed E-state index contributed by atoms with van der Waals surface area (Å²) in [6.07, 6.45) is -0.245. The third-order valence-electron chi connectivity index (χ3n) is 3.78. The summed E-state index contributed by atoms with van der Waals surface area (Å²) in [7, 11) is 0. The molecule has 0 saturated carbocycles. The lowest BCUT2D eigenvalue weighted by atomic mass is 10.2. The van der Waals surface area contributed by atoms with Crippen molar-refractivity contribution in [1.82, 2.24) is 0 Å². The Bertz CT molecular complexity index is 770. The van der Waals surface area contributed by atoms with Crippen LogP contribution in [0.1, 0.15) is 48.9 Å². The molecule has 2 N–H and O–H groups in total. The van der Waals surface area contributed by atoms with Crippen LogP contribution >= 0.6 is 0 Å². The normalized spacial score (nSPS) is 10.1. The zero-order chi connectivity index (χ0) is 23.8. The number of esters is 3. The first-order valence-electron chi connectivity index (χ1n) is 9.92. The first kappa shape index (κ1) is 26.4. The average Bonchev–Trinajstić information content (AvgIpc) is 2.76. The van der Waals surface area contributed by atoms with Crippen LogP contribution in [0.5, 0.6) is 5.75 Å². The number of carbonyl (C=O) groups excluding carboxylic acids is 3. The first-order valence-corrected chi connectivity index (χ1v) is 9.92. The van der Waals surface area contributed by atoms with Crippen LogP contribution in [0.3, 0.4) is 0 Å². The molecule has 0 fully saturated rings. The Balaban J connectivity index is 2.16. The summed E-state index contributed by atoms with van der Waals surface area (Å²) in [4.78, 5) is 55.2. The Morgan fingerprint density at radius 1 is 0.625 bits per heavy atom. The highest BCUT2D eigenvalue weighted by Gasteiger charge is 2.09. The molecule has 0 aliphatic heterocycles. The van der Waals surface area contributed by atoms with Crippen LogP contribution in [-0.2, 0) is 33.4 Å². The average molecular weight is 454 g/mol. The number of hydrogen-bond donors (Lipinski definition) is 2. The summed E-state index contributed by atoms with van der Waals surface area (Å²) < 4.78 is 20.2. The number of aliphatic carboxylic acids is 2. The van der Waals surface area contributed by atoms with Gasteiger partial charge >= 0.3 is 29.8 Å². The second-order valence-electron chi connectivity index (χ2n) is 6.44. The highest BCUT2D eigenvalue weighted by atomic mass is 16.5. The number of ether oxygens (including phenoxy) is 4. The second kappa shape index (κ2) is 15.2. The summed E-state index contributed by atoms with van der Waals surface area (Å²) in [6.45, 7) is 0.431. The van der Waals surface area contributed by atoms with Gasteiger partial charge in [0.1, 0.15) is 5.75 Å². The Morgan fingerprint density at radius 3 is 1.59 bits per heavy atom. The van der Waals surface area contributed by atoms with Crippen LogP contribution in [0.4, 0.5) is 0 Å². The zero-order valence-electron chi connectivity index (χ0n) is 17.4. The number of carboxylic acids is 2. The van der Waals surface area contributed by atoms with Crippen LogP contribution < -0.4 is 4.74 Å². The van der Waals surface area contributed by atoms with E-state index < -0.39 is 29.8 Å². The number of carbonyl (C=O) groups is 5. The van der Waals surface area contributed by atoms with Crippen molar-refractivity contribution in [2.45, 2.75) is 38.5 Å². The molecule has 1 aromatic rings. The Hall–Kier alpha value is -3.63. The van der Waals surface area contributed by atoms with Gasteiger partial charge in [0, 0.05) is 12.8 Å². The van der Waals surface area contributed by atoms with Crippen molar-refractivity contribution in [1.29, 1.82) is 0 Å². The van der Waals surface area contributed by atoms with Crippen LogP contribution in [0, 0.1) is 0 Å². The molecule has 0 saturated heterocycles. The highest BCUT2D eigenvalue weighted by molar-refractivity contribution is 5.89. The largest absolute Gasteiger partial charge is 0.493 e. The molecule has 0 aliphatic rings. The Morgan fingerprint density at radius 2 is 1.09 bits per heavy atom. The molecule has 1 aromatic carbocycles. The van der Waals surface area contributed by atoms with Gasteiger partial charge in [0.05, 0.1) is 57.7 Å². The summed E-state index contributed by atoms with van der Waals surface area (Å²) >= 11 is 0. The first-order chi connectivity index (χ1) is 15.3. The van der Waals surface area contributed by atoms with Gasteiger partial charge < -0.3 is 29.2 Å². The van der Waals surface area contributed by atoms with Crippen molar-refractivity contribution in [3.05, 3.63) is 29.8 Å². The van der Waals surface area contributed by atoms with Crippen molar-refractivity contribution < 1.29 is 53.1 Å².